The average molecular weight is 332 g/mol. The van der Waals surface area contributed by atoms with Crippen molar-refractivity contribution in [2.45, 2.75) is 63.5 Å². The average Bonchev–Trinajstić information content (AvgIpc) is 3.09. The van der Waals surface area contributed by atoms with Gasteiger partial charge in [0.25, 0.3) is 0 Å². The summed E-state index contributed by atoms with van der Waals surface area (Å²) >= 11 is 0. The van der Waals surface area contributed by atoms with Crippen LogP contribution in [0, 0.1) is 11.8 Å². The molecule has 2 saturated carbocycles. The van der Waals surface area contributed by atoms with E-state index in [-0.39, 0.29) is 24.0 Å². The van der Waals surface area contributed by atoms with Crippen LogP contribution in [0.4, 0.5) is 0 Å². The molecule has 1 atom stereocenters. The first-order valence-electron chi connectivity index (χ1n) is 9.13. The van der Waals surface area contributed by atoms with E-state index in [2.05, 4.69) is 10.3 Å². The number of carbonyl (C=O) groups excluding carboxylic acids is 1. The minimum atomic E-state index is -0.237. The molecule has 0 aliphatic heterocycles. The summed E-state index contributed by atoms with van der Waals surface area (Å²) in [6.45, 7) is 0. The van der Waals surface area contributed by atoms with Gasteiger partial charge in [-0.25, -0.2) is 4.98 Å². The van der Waals surface area contributed by atoms with Crippen molar-refractivity contribution < 1.29 is 14.6 Å². The van der Waals surface area contributed by atoms with Crippen molar-refractivity contribution in [1.29, 1.82) is 0 Å². The molecule has 3 rings (SSSR count). The highest BCUT2D eigenvalue weighted by atomic mass is 16.5. The Kier molecular flexibility index (Phi) is 5.72. The molecular weight excluding hydrogens is 304 g/mol. The number of hydrogen-bond donors (Lipinski definition) is 2. The van der Waals surface area contributed by atoms with Crippen LogP contribution < -0.4 is 10.1 Å². The van der Waals surface area contributed by atoms with Gasteiger partial charge in [-0.05, 0) is 36.7 Å². The molecule has 1 heterocycles. The van der Waals surface area contributed by atoms with E-state index >= 15 is 0 Å². The lowest BCUT2D eigenvalue weighted by atomic mass is 9.75. The summed E-state index contributed by atoms with van der Waals surface area (Å²) in [5.74, 6) is 1.69. The van der Waals surface area contributed by atoms with Crippen LogP contribution in [0.5, 0.6) is 5.88 Å². The lowest BCUT2D eigenvalue weighted by molar-refractivity contribution is -0.123. The van der Waals surface area contributed by atoms with Crippen molar-refractivity contribution in [2.75, 3.05) is 7.11 Å². The molecule has 1 amide bonds. The highest BCUT2D eigenvalue weighted by molar-refractivity contribution is 5.76. The molecule has 2 aliphatic rings. The summed E-state index contributed by atoms with van der Waals surface area (Å²) in [6.07, 6.45) is 9.76. The van der Waals surface area contributed by atoms with Crippen molar-refractivity contribution >= 4 is 5.91 Å². The molecule has 5 heteroatoms. The van der Waals surface area contributed by atoms with Crippen LogP contribution in [0.3, 0.4) is 0 Å². The topological polar surface area (TPSA) is 71.5 Å². The standard InChI is InChI=1S/C19H28N2O3/c1-24-18-9-7-14(12-20-18)19(15-10-16(22)11-15)21-17(23)8-6-13-4-2-3-5-13/h7,9,12-13,15-16,19,22H,2-6,8,10-11H2,1H3,(H,21,23). The second-order valence-corrected chi connectivity index (χ2v) is 7.25. The predicted octanol–water partition coefficient (Wildman–Crippen LogP) is 2.99. The number of methoxy groups -OCH3 is 1. The summed E-state index contributed by atoms with van der Waals surface area (Å²) in [6, 6.07) is 3.71. The monoisotopic (exact) mass is 332 g/mol. The molecular formula is C19H28N2O3. The number of aromatic nitrogens is 1. The summed E-state index contributed by atoms with van der Waals surface area (Å²) < 4.78 is 5.10. The van der Waals surface area contributed by atoms with Crippen LogP contribution in [-0.4, -0.2) is 29.2 Å². The van der Waals surface area contributed by atoms with E-state index in [4.69, 9.17) is 4.74 Å². The van der Waals surface area contributed by atoms with Crippen molar-refractivity contribution in [3.8, 4) is 5.88 Å². The van der Waals surface area contributed by atoms with Crippen molar-refractivity contribution in [3.63, 3.8) is 0 Å². The van der Waals surface area contributed by atoms with Gasteiger partial charge in [-0.15, -0.1) is 0 Å². The number of aliphatic hydroxyl groups is 1. The Morgan fingerprint density at radius 2 is 2.12 bits per heavy atom. The smallest absolute Gasteiger partial charge is 0.220 e. The molecule has 1 aromatic heterocycles. The Hall–Kier alpha value is -1.62. The van der Waals surface area contributed by atoms with Gasteiger partial charge in [0, 0.05) is 18.7 Å². The Morgan fingerprint density at radius 1 is 1.38 bits per heavy atom. The summed E-state index contributed by atoms with van der Waals surface area (Å²) in [5, 5.41) is 12.8. The zero-order valence-corrected chi connectivity index (χ0v) is 14.4. The number of nitrogens with zero attached hydrogens (tertiary/aromatic N) is 1. The zero-order valence-electron chi connectivity index (χ0n) is 14.4. The summed E-state index contributed by atoms with van der Waals surface area (Å²) in [5.41, 5.74) is 0.988. The minimum absolute atomic E-state index is 0.0668. The molecule has 2 aliphatic carbocycles. The van der Waals surface area contributed by atoms with Gasteiger partial charge in [0.1, 0.15) is 0 Å². The minimum Gasteiger partial charge on any atom is -0.481 e. The molecule has 0 bridgehead atoms. The van der Waals surface area contributed by atoms with Gasteiger partial charge >= 0.3 is 0 Å². The number of rotatable bonds is 7. The van der Waals surface area contributed by atoms with E-state index in [9.17, 15) is 9.90 Å². The second kappa shape index (κ2) is 7.97. The highest BCUT2D eigenvalue weighted by Crippen LogP contribution is 2.38. The van der Waals surface area contributed by atoms with Gasteiger partial charge in [-0.1, -0.05) is 31.7 Å². The first kappa shape index (κ1) is 17.2. The molecule has 2 fully saturated rings. The molecule has 2 N–H and O–H groups in total. The number of amides is 1. The lowest BCUT2D eigenvalue weighted by Crippen LogP contribution is -2.41. The molecule has 24 heavy (non-hydrogen) atoms. The SMILES string of the molecule is COc1ccc(C(NC(=O)CCC2CCCC2)C2CC(O)C2)cn1. The third-order valence-corrected chi connectivity index (χ3v) is 5.52. The van der Waals surface area contributed by atoms with E-state index in [1.807, 2.05) is 12.1 Å². The molecule has 0 saturated heterocycles. The van der Waals surface area contributed by atoms with Crippen LogP contribution in [0.25, 0.3) is 0 Å². The number of pyridine rings is 1. The van der Waals surface area contributed by atoms with Gasteiger partial charge in [0.15, 0.2) is 0 Å². The van der Waals surface area contributed by atoms with Gasteiger partial charge in [-0.2, -0.15) is 0 Å². The number of nitrogens with one attached hydrogen (secondary N) is 1. The largest absolute Gasteiger partial charge is 0.481 e. The normalized spacial score (nSPS) is 25.1. The molecule has 0 radical (unpaired) electrons. The van der Waals surface area contributed by atoms with Gasteiger partial charge in [0.2, 0.25) is 11.8 Å². The molecule has 0 spiro atoms. The first-order valence-corrected chi connectivity index (χ1v) is 9.13. The van der Waals surface area contributed by atoms with E-state index in [1.54, 1.807) is 13.3 Å². The molecule has 1 unspecified atom stereocenters. The Morgan fingerprint density at radius 3 is 2.71 bits per heavy atom. The van der Waals surface area contributed by atoms with Gasteiger partial charge < -0.3 is 15.2 Å². The van der Waals surface area contributed by atoms with Crippen LogP contribution in [0.2, 0.25) is 0 Å². The van der Waals surface area contributed by atoms with E-state index in [1.165, 1.54) is 25.7 Å². The van der Waals surface area contributed by atoms with Crippen molar-refractivity contribution in [1.82, 2.24) is 10.3 Å². The van der Waals surface area contributed by atoms with E-state index in [0.717, 1.165) is 30.7 Å². The van der Waals surface area contributed by atoms with E-state index in [0.29, 0.717) is 12.3 Å². The van der Waals surface area contributed by atoms with Crippen LogP contribution >= 0.6 is 0 Å². The maximum absolute atomic E-state index is 12.4. The van der Waals surface area contributed by atoms with Crippen LogP contribution in [0.1, 0.15) is 63.0 Å². The van der Waals surface area contributed by atoms with Gasteiger partial charge in [-0.3, -0.25) is 4.79 Å². The Bertz CT molecular complexity index is 534. The predicted molar refractivity (Wildman–Crippen MR) is 91.6 cm³/mol. The molecule has 0 aromatic carbocycles. The Labute approximate surface area is 143 Å². The fraction of sp³-hybridized carbons (Fsp3) is 0.684. The third kappa shape index (κ3) is 4.26. The number of aliphatic hydroxyl groups excluding tert-OH is 1. The maximum Gasteiger partial charge on any atom is 0.220 e. The molecule has 5 nitrogen and oxygen atoms in total. The molecule has 132 valence electrons. The molecule has 1 aromatic rings. The van der Waals surface area contributed by atoms with Crippen LogP contribution in [-0.2, 0) is 4.79 Å². The lowest BCUT2D eigenvalue weighted by Gasteiger charge is -2.38. The highest BCUT2D eigenvalue weighted by Gasteiger charge is 2.35. The zero-order chi connectivity index (χ0) is 16.9. The van der Waals surface area contributed by atoms with Crippen molar-refractivity contribution in [3.05, 3.63) is 23.9 Å². The fourth-order valence-corrected chi connectivity index (χ4v) is 3.95. The van der Waals surface area contributed by atoms with Crippen molar-refractivity contribution in [2.24, 2.45) is 11.8 Å². The fourth-order valence-electron chi connectivity index (χ4n) is 3.95. The number of ether oxygens (including phenoxy) is 1. The van der Waals surface area contributed by atoms with E-state index < -0.39 is 0 Å². The quantitative estimate of drug-likeness (QED) is 0.805. The maximum atomic E-state index is 12.4. The third-order valence-electron chi connectivity index (χ3n) is 5.52. The number of hydrogen-bond acceptors (Lipinski definition) is 4. The van der Waals surface area contributed by atoms with Crippen LogP contribution in [0.15, 0.2) is 18.3 Å². The Balaban J connectivity index is 1.59. The summed E-state index contributed by atoms with van der Waals surface area (Å²) in [4.78, 5) is 16.7. The number of carbonyl (C=O) groups is 1. The van der Waals surface area contributed by atoms with Gasteiger partial charge in [0.05, 0.1) is 19.3 Å². The summed E-state index contributed by atoms with van der Waals surface area (Å²) in [7, 11) is 1.59. The first-order chi connectivity index (χ1) is 11.7. The second-order valence-electron chi connectivity index (χ2n) is 7.25.